The van der Waals surface area contributed by atoms with Crippen LogP contribution in [-0.4, -0.2) is 17.4 Å². The van der Waals surface area contributed by atoms with Crippen molar-refractivity contribution < 1.29 is 4.79 Å². The van der Waals surface area contributed by atoms with Crippen molar-refractivity contribution in [3.05, 3.63) is 40.4 Å². The van der Waals surface area contributed by atoms with Crippen LogP contribution in [0.3, 0.4) is 0 Å². The van der Waals surface area contributed by atoms with E-state index >= 15 is 0 Å². The van der Waals surface area contributed by atoms with Gasteiger partial charge in [0, 0.05) is 22.3 Å². The summed E-state index contributed by atoms with van der Waals surface area (Å²) in [5.41, 5.74) is 1.67. The minimum absolute atomic E-state index is 0.134. The van der Waals surface area contributed by atoms with Gasteiger partial charge in [0.1, 0.15) is 0 Å². The first-order chi connectivity index (χ1) is 8.65. The fourth-order valence-corrected chi connectivity index (χ4v) is 2.05. The third kappa shape index (κ3) is 3.45. The van der Waals surface area contributed by atoms with Gasteiger partial charge in [0.15, 0.2) is 5.13 Å². The number of carbonyl (C=O) groups excluding carboxylic acids is 1. The van der Waals surface area contributed by atoms with E-state index in [1.165, 1.54) is 11.3 Å². The second kappa shape index (κ2) is 5.84. The topological polar surface area (TPSA) is 54.0 Å². The summed E-state index contributed by atoms with van der Waals surface area (Å²) in [6.07, 6.45) is 1.69. The number of nitrogens with one attached hydrogen (secondary N) is 2. The number of rotatable bonds is 4. The maximum Gasteiger partial charge on any atom is 0.243 e. The molecule has 0 bridgehead atoms. The number of aryl methyl sites for hydroxylation is 1. The average molecular weight is 282 g/mol. The van der Waals surface area contributed by atoms with Gasteiger partial charge in [-0.15, -0.1) is 11.3 Å². The Morgan fingerprint density at radius 1 is 1.50 bits per heavy atom. The van der Waals surface area contributed by atoms with Crippen LogP contribution in [0, 0.1) is 6.92 Å². The summed E-state index contributed by atoms with van der Waals surface area (Å²) < 4.78 is 0. The van der Waals surface area contributed by atoms with Crippen molar-refractivity contribution in [1.29, 1.82) is 0 Å². The summed E-state index contributed by atoms with van der Waals surface area (Å²) in [6, 6.07) is 5.42. The van der Waals surface area contributed by atoms with Gasteiger partial charge in [0.05, 0.1) is 6.54 Å². The lowest BCUT2D eigenvalue weighted by Gasteiger charge is -2.07. The van der Waals surface area contributed by atoms with Crippen LogP contribution >= 0.6 is 22.9 Å². The predicted molar refractivity (Wildman–Crippen MR) is 75.4 cm³/mol. The Bertz CT molecular complexity index is 542. The summed E-state index contributed by atoms with van der Waals surface area (Å²) in [5.74, 6) is -0.134. The zero-order valence-electron chi connectivity index (χ0n) is 9.74. The Hall–Kier alpha value is -1.59. The molecule has 2 rings (SSSR count). The van der Waals surface area contributed by atoms with Gasteiger partial charge in [-0.2, -0.15) is 0 Å². The second-order valence-corrected chi connectivity index (χ2v) is 5.00. The summed E-state index contributed by atoms with van der Waals surface area (Å²) in [6.45, 7) is 2.09. The summed E-state index contributed by atoms with van der Waals surface area (Å²) >= 11 is 7.43. The molecule has 0 radical (unpaired) electrons. The molecule has 1 amide bonds. The van der Waals surface area contributed by atoms with Crippen molar-refractivity contribution in [2.75, 3.05) is 17.2 Å². The van der Waals surface area contributed by atoms with E-state index in [0.717, 1.165) is 10.7 Å². The molecule has 6 heteroatoms. The van der Waals surface area contributed by atoms with Gasteiger partial charge in [-0.1, -0.05) is 17.7 Å². The minimum Gasteiger partial charge on any atom is -0.352 e. The Morgan fingerprint density at radius 3 is 3.00 bits per heavy atom. The van der Waals surface area contributed by atoms with E-state index in [1.807, 2.05) is 24.4 Å². The molecule has 94 valence electrons. The highest BCUT2D eigenvalue weighted by Gasteiger charge is 2.04. The van der Waals surface area contributed by atoms with Crippen LogP contribution in [-0.2, 0) is 4.79 Å². The number of thiazole rings is 1. The number of halogens is 1. The molecule has 0 saturated heterocycles. The van der Waals surface area contributed by atoms with Crippen LogP contribution in [0.25, 0.3) is 0 Å². The van der Waals surface area contributed by atoms with Crippen molar-refractivity contribution in [2.45, 2.75) is 6.92 Å². The molecular weight excluding hydrogens is 270 g/mol. The molecule has 0 aliphatic carbocycles. The lowest BCUT2D eigenvalue weighted by atomic mass is 10.2. The van der Waals surface area contributed by atoms with E-state index in [-0.39, 0.29) is 12.5 Å². The largest absolute Gasteiger partial charge is 0.352 e. The van der Waals surface area contributed by atoms with E-state index in [1.54, 1.807) is 12.3 Å². The van der Waals surface area contributed by atoms with Gasteiger partial charge in [-0.25, -0.2) is 4.98 Å². The number of hydrogen-bond acceptors (Lipinski definition) is 4. The van der Waals surface area contributed by atoms with Gasteiger partial charge in [0.2, 0.25) is 5.91 Å². The number of benzene rings is 1. The summed E-state index contributed by atoms with van der Waals surface area (Å²) in [4.78, 5) is 15.7. The molecule has 0 aliphatic rings. The number of carbonyl (C=O) groups is 1. The third-order valence-electron chi connectivity index (χ3n) is 2.29. The molecule has 1 aromatic heterocycles. The SMILES string of the molecule is Cc1ccc(NC(=O)CNc2nccs2)cc1Cl. The zero-order chi connectivity index (χ0) is 13.0. The number of amides is 1. The Kier molecular flexibility index (Phi) is 4.17. The number of hydrogen-bond donors (Lipinski definition) is 2. The normalized spacial score (nSPS) is 10.1. The Morgan fingerprint density at radius 2 is 2.33 bits per heavy atom. The Balaban J connectivity index is 1.88. The van der Waals surface area contributed by atoms with Crippen molar-refractivity contribution >= 4 is 39.7 Å². The van der Waals surface area contributed by atoms with E-state index < -0.39 is 0 Å². The van der Waals surface area contributed by atoms with Gasteiger partial charge in [-0.3, -0.25) is 4.79 Å². The smallest absolute Gasteiger partial charge is 0.243 e. The molecule has 0 aliphatic heterocycles. The van der Waals surface area contributed by atoms with Crippen LogP contribution < -0.4 is 10.6 Å². The standard InChI is InChI=1S/C12H12ClN3OS/c1-8-2-3-9(6-10(8)13)16-11(17)7-15-12-14-4-5-18-12/h2-6H,7H2,1H3,(H,14,15)(H,16,17). The fourth-order valence-electron chi connectivity index (χ4n) is 1.34. The summed E-state index contributed by atoms with van der Waals surface area (Å²) in [7, 11) is 0. The van der Waals surface area contributed by atoms with Crippen LogP contribution in [0.2, 0.25) is 5.02 Å². The van der Waals surface area contributed by atoms with Crippen molar-refractivity contribution in [1.82, 2.24) is 4.98 Å². The minimum atomic E-state index is -0.134. The first-order valence-corrected chi connectivity index (χ1v) is 6.60. The van der Waals surface area contributed by atoms with E-state index in [9.17, 15) is 4.79 Å². The molecule has 2 N–H and O–H groups in total. The van der Waals surface area contributed by atoms with Crippen LogP contribution in [0.4, 0.5) is 10.8 Å². The maximum absolute atomic E-state index is 11.7. The molecule has 2 aromatic rings. The van der Waals surface area contributed by atoms with Gasteiger partial charge >= 0.3 is 0 Å². The molecular formula is C12H12ClN3OS. The molecule has 0 spiro atoms. The highest BCUT2D eigenvalue weighted by atomic mass is 35.5. The number of aromatic nitrogens is 1. The van der Waals surface area contributed by atoms with Crippen LogP contribution in [0.5, 0.6) is 0 Å². The molecule has 18 heavy (non-hydrogen) atoms. The average Bonchev–Trinajstić information content (AvgIpc) is 2.84. The van der Waals surface area contributed by atoms with Crippen molar-refractivity contribution in [3.8, 4) is 0 Å². The molecule has 0 fully saturated rings. The number of nitrogens with zero attached hydrogens (tertiary/aromatic N) is 1. The molecule has 1 aromatic carbocycles. The highest BCUT2D eigenvalue weighted by Crippen LogP contribution is 2.19. The summed E-state index contributed by atoms with van der Waals surface area (Å²) in [5, 5.41) is 8.91. The molecule has 4 nitrogen and oxygen atoms in total. The quantitative estimate of drug-likeness (QED) is 0.905. The molecule has 0 unspecified atom stereocenters. The highest BCUT2D eigenvalue weighted by molar-refractivity contribution is 7.13. The van der Waals surface area contributed by atoms with Gasteiger partial charge < -0.3 is 10.6 Å². The zero-order valence-corrected chi connectivity index (χ0v) is 11.3. The van der Waals surface area contributed by atoms with Crippen molar-refractivity contribution in [3.63, 3.8) is 0 Å². The Labute approximate surface area is 114 Å². The van der Waals surface area contributed by atoms with E-state index in [4.69, 9.17) is 11.6 Å². The maximum atomic E-state index is 11.7. The molecule has 1 heterocycles. The first kappa shape index (κ1) is 12.9. The van der Waals surface area contributed by atoms with Crippen molar-refractivity contribution in [2.24, 2.45) is 0 Å². The lowest BCUT2D eigenvalue weighted by Crippen LogP contribution is -2.21. The predicted octanol–water partition coefficient (Wildman–Crippen LogP) is 3.16. The van der Waals surface area contributed by atoms with E-state index in [0.29, 0.717) is 10.7 Å². The fraction of sp³-hybridized carbons (Fsp3) is 0.167. The number of anilines is 2. The van der Waals surface area contributed by atoms with Crippen LogP contribution in [0.15, 0.2) is 29.8 Å². The van der Waals surface area contributed by atoms with Gasteiger partial charge in [-0.05, 0) is 24.6 Å². The molecule has 0 saturated carbocycles. The van der Waals surface area contributed by atoms with Gasteiger partial charge in [0.25, 0.3) is 0 Å². The third-order valence-corrected chi connectivity index (χ3v) is 3.43. The molecule has 0 atom stereocenters. The first-order valence-electron chi connectivity index (χ1n) is 5.34. The van der Waals surface area contributed by atoms with Crippen LogP contribution in [0.1, 0.15) is 5.56 Å². The monoisotopic (exact) mass is 281 g/mol. The lowest BCUT2D eigenvalue weighted by molar-refractivity contribution is -0.114. The van der Waals surface area contributed by atoms with E-state index in [2.05, 4.69) is 15.6 Å². The second-order valence-electron chi connectivity index (χ2n) is 3.70.